The average molecular weight is 225 g/mol. The largest absolute Gasteiger partial charge is 0.396 e. The second-order valence-electron chi connectivity index (χ2n) is 3.58. The van der Waals surface area contributed by atoms with E-state index in [9.17, 15) is 0 Å². The molecule has 1 heterocycles. The van der Waals surface area contributed by atoms with E-state index in [1.165, 1.54) is 10.4 Å². The van der Waals surface area contributed by atoms with Crippen molar-refractivity contribution in [3.05, 3.63) is 34.5 Å². The van der Waals surface area contributed by atoms with Gasteiger partial charge in [-0.05, 0) is 43.3 Å². The van der Waals surface area contributed by atoms with Crippen molar-refractivity contribution in [2.24, 2.45) is 0 Å². The van der Waals surface area contributed by atoms with Crippen molar-refractivity contribution in [3.8, 4) is 0 Å². The fourth-order valence-corrected chi connectivity index (χ4v) is 2.56. The molecular weight excluding hydrogens is 206 g/mol. The van der Waals surface area contributed by atoms with Crippen LogP contribution in [0.2, 0.25) is 0 Å². The van der Waals surface area contributed by atoms with E-state index >= 15 is 0 Å². The van der Waals surface area contributed by atoms with Gasteiger partial charge in [-0.3, -0.25) is 0 Å². The van der Waals surface area contributed by atoms with Crippen LogP contribution in [-0.4, -0.2) is 18.3 Å². The number of aliphatic hydroxyl groups excluding tert-OH is 1. The minimum Gasteiger partial charge on any atom is -0.396 e. The van der Waals surface area contributed by atoms with Gasteiger partial charge in [-0.15, -0.1) is 17.9 Å². The summed E-state index contributed by atoms with van der Waals surface area (Å²) in [6.07, 6.45) is 3.68. The Hall–Kier alpha value is -0.640. The van der Waals surface area contributed by atoms with Gasteiger partial charge in [-0.25, -0.2) is 0 Å². The van der Waals surface area contributed by atoms with Crippen LogP contribution in [0.15, 0.2) is 24.1 Å². The Kier molecular flexibility index (Phi) is 5.61. The molecule has 1 unspecified atom stereocenters. The third-order valence-corrected chi connectivity index (χ3v) is 3.48. The van der Waals surface area contributed by atoms with Crippen LogP contribution in [0, 0.1) is 6.92 Å². The van der Waals surface area contributed by atoms with Crippen LogP contribution in [0.5, 0.6) is 0 Å². The first-order valence-electron chi connectivity index (χ1n) is 5.28. The second kappa shape index (κ2) is 6.77. The van der Waals surface area contributed by atoms with E-state index in [4.69, 9.17) is 5.11 Å². The second-order valence-corrected chi connectivity index (χ2v) is 4.52. The number of aryl methyl sites for hydroxylation is 1. The highest BCUT2D eigenvalue weighted by atomic mass is 32.1. The predicted octanol–water partition coefficient (Wildman–Crippen LogP) is 2.65. The molecule has 1 aromatic rings. The molecule has 84 valence electrons. The average Bonchev–Trinajstić information content (AvgIpc) is 2.64. The van der Waals surface area contributed by atoms with Gasteiger partial charge >= 0.3 is 0 Å². The third-order valence-electron chi connectivity index (χ3n) is 2.35. The van der Waals surface area contributed by atoms with Crippen molar-refractivity contribution in [1.82, 2.24) is 5.32 Å². The van der Waals surface area contributed by atoms with E-state index in [1.807, 2.05) is 6.08 Å². The van der Waals surface area contributed by atoms with Gasteiger partial charge in [0.15, 0.2) is 0 Å². The molecular formula is C12H19NOS. The molecule has 1 rings (SSSR count). The maximum absolute atomic E-state index is 8.74. The van der Waals surface area contributed by atoms with Gasteiger partial charge in [0, 0.05) is 17.5 Å². The number of aliphatic hydroxyl groups is 1. The Labute approximate surface area is 95.6 Å². The molecule has 0 aromatic carbocycles. The Morgan fingerprint density at radius 2 is 2.47 bits per heavy atom. The monoisotopic (exact) mass is 225 g/mol. The quantitative estimate of drug-likeness (QED) is 0.552. The summed E-state index contributed by atoms with van der Waals surface area (Å²) in [5.74, 6) is 0. The molecule has 0 aliphatic heterocycles. The summed E-state index contributed by atoms with van der Waals surface area (Å²) in [5, 5.41) is 14.3. The lowest BCUT2D eigenvalue weighted by atomic mass is 10.1. The molecule has 2 nitrogen and oxygen atoms in total. The van der Waals surface area contributed by atoms with Gasteiger partial charge in [0.2, 0.25) is 0 Å². The normalized spacial score (nSPS) is 12.7. The summed E-state index contributed by atoms with van der Waals surface area (Å²) < 4.78 is 0. The molecule has 1 atom stereocenters. The maximum Gasteiger partial charge on any atom is 0.0452 e. The first kappa shape index (κ1) is 12.4. The van der Waals surface area contributed by atoms with Crippen LogP contribution in [0.25, 0.3) is 0 Å². The van der Waals surface area contributed by atoms with Crippen molar-refractivity contribution in [2.75, 3.05) is 13.2 Å². The number of hydrogen-bond acceptors (Lipinski definition) is 3. The first-order valence-corrected chi connectivity index (χ1v) is 6.16. The third kappa shape index (κ3) is 3.78. The van der Waals surface area contributed by atoms with Crippen LogP contribution in [0.4, 0.5) is 0 Å². The van der Waals surface area contributed by atoms with Crippen LogP contribution < -0.4 is 5.32 Å². The van der Waals surface area contributed by atoms with Gasteiger partial charge in [0.05, 0.1) is 0 Å². The fourth-order valence-electron chi connectivity index (χ4n) is 1.55. The van der Waals surface area contributed by atoms with E-state index in [2.05, 4.69) is 30.3 Å². The predicted molar refractivity (Wildman–Crippen MR) is 66.3 cm³/mol. The first-order chi connectivity index (χ1) is 7.29. The lowest BCUT2D eigenvalue weighted by Crippen LogP contribution is -2.22. The summed E-state index contributed by atoms with van der Waals surface area (Å²) in [6, 6.07) is 2.50. The highest BCUT2D eigenvalue weighted by molar-refractivity contribution is 7.10. The lowest BCUT2D eigenvalue weighted by Gasteiger charge is -2.16. The van der Waals surface area contributed by atoms with Gasteiger partial charge < -0.3 is 10.4 Å². The summed E-state index contributed by atoms with van der Waals surface area (Å²) in [6.45, 7) is 7.02. The van der Waals surface area contributed by atoms with Crippen molar-refractivity contribution >= 4 is 11.3 Å². The molecule has 0 bridgehead atoms. The zero-order chi connectivity index (χ0) is 11.1. The number of rotatable bonds is 7. The molecule has 2 N–H and O–H groups in total. The van der Waals surface area contributed by atoms with Gasteiger partial charge in [0.1, 0.15) is 0 Å². The molecule has 1 aromatic heterocycles. The van der Waals surface area contributed by atoms with Gasteiger partial charge in [-0.2, -0.15) is 0 Å². The van der Waals surface area contributed by atoms with Crippen molar-refractivity contribution < 1.29 is 5.11 Å². The molecule has 0 radical (unpaired) electrons. The van der Waals surface area contributed by atoms with Gasteiger partial charge in [-0.1, -0.05) is 6.08 Å². The van der Waals surface area contributed by atoms with Crippen molar-refractivity contribution in [2.45, 2.75) is 25.8 Å². The Morgan fingerprint density at radius 1 is 1.67 bits per heavy atom. The van der Waals surface area contributed by atoms with Crippen LogP contribution in [0.3, 0.4) is 0 Å². The Balaban J connectivity index is 2.57. The molecule has 0 fully saturated rings. The molecule has 0 aliphatic carbocycles. The maximum atomic E-state index is 8.74. The minimum absolute atomic E-state index is 0.247. The standard InChI is InChI=1S/C12H19NOS/c1-3-5-11(13-7-4-8-14)12-10(2)6-9-15-12/h3,6,9,11,13-14H,1,4-5,7-8H2,2H3. The molecule has 3 heteroatoms. The zero-order valence-electron chi connectivity index (χ0n) is 9.20. The fraction of sp³-hybridized carbons (Fsp3) is 0.500. The lowest BCUT2D eigenvalue weighted by molar-refractivity contribution is 0.283. The smallest absolute Gasteiger partial charge is 0.0452 e. The highest BCUT2D eigenvalue weighted by Gasteiger charge is 2.12. The number of thiophene rings is 1. The molecule has 0 amide bonds. The molecule has 0 saturated heterocycles. The summed E-state index contributed by atoms with van der Waals surface area (Å²) >= 11 is 1.78. The summed E-state index contributed by atoms with van der Waals surface area (Å²) in [4.78, 5) is 1.38. The number of nitrogens with one attached hydrogen (secondary N) is 1. The minimum atomic E-state index is 0.247. The van der Waals surface area contributed by atoms with E-state index in [0.29, 0.717) is 6.04 Å². The highest BCUT2D eigenvalue weighted by Crippen LogP contribution is 2.26. The van der Waals surface area contributed by atoms with Crippen LogP contribution >= 0.6 is 11.3 Å². The molecule has 0 aliphatic rings. The zero-order valence-corrected chi connectivity index (χ0v) is 10.0. The van der Waals surface area contributed by atoms with E-state index < -0.39 is 0 Å². The van der Waals surface area contributed by atoms with Crippen molar-refractivity contribution in [1.29, 1.82) is 0 Å². The SMILES string of the molecule is C=CCC(NCCCO)c1sccc1C. The van der Waals surface area contributed by atoms with E-state index in [1.54, 1.807) is 11.3 Å². The van der Waals surface area contributed by atoms with Crippen LogP contribution in [-0.2, 0) is 0 Å². The summed E-state index contributed by atoms with van der Waals surface area (Å²) in [7, 11) is 0. The van der Waals surface area contributed by atoms with Gasteiger partial charge in [0.25, 0.3) is 0 Å². The van der Waals surface area contributed by atoms with Crippen LogP contribution in [0.1, 0.15) is 29.3 Å². The Morgan fingerprint density at radius 3 is 3.00 bits per heavy atom. The molecule has 0 spiro atoms. The molecule has 15 heavy (non-hydrogen) atoms. The van der Waals surface area contributed by atoms with E-state index in [0.717, 1.165) is 19.4 Å². The number of hydrogen-bond donors (Lipinski definition) is 2. The Bertz CT molecular complexity index is 296. The van der Waals surface area contributed by atoms with Crippen molar-refractivity contribution in [3.63, 3.8) is 0 Å². The van der Waals surface area contributed by atoms with E-state index in [-0.39, 0.29) is 6.61 Å². The molecule has 0 saturated carbocycles. The summed E-state index contributed by atoms with van der Waals surface area (Å²) in [5.41, 5.74) is 1.34. The topological polar surface area (TPSA) is 32.3 Å².